The van der Waals surface area contributed by atoms with Gasteiger partial charge < -0.3 is 10.6 Å². The van der Waals surface area contributed by atoms with Crippen LogP contribution in [0.5, 0.6) is 0 Å². The van der Waals surface area contributed by atoms with Crippen LogP contribution in [0.15, 0.2) is 41.0 Å². The molecule has 0 aliphatic carbocycles. The first kappa shape index (κ1) is 13.3. The van der Waals surface area contributed by atoms with Gasteiger partial charge in [0.1, 0.15) is 5.69 Å². The number of carbonyl (C=O) groups is 1. The van der Waals surface area contributed by atoms with Crippen molar-refractivity contribution in [3.8, 4) is 0 Å². The molecule has 0 saturated heterocycles. The molecule has 3 rings (SSSR count). The minimum Gasteiger partial charge on any atom is -0.320 e. The Morgan fingerprint density at radius 2 is 2.20 bits per heavy atom. The molecule has 1 aliphatic heterocycles. The molecule has 2 heterocycles. The van der Waals surface area contributed by atoms with Crippen LogP contribution in [0.4, 0.5) is 5.69 Å². The lowest BCUT2D eigenvalue weighted by Gasteiger charge is -2.20. The Balaban J connectivity index is 1.84. The Hall–Kier alpha value is -1.72. The second-order valence-electron chi connectivity index (χ2n) is 4.69. The number of benzene rings is 1. The zero-order valence-electron chi connectivity index (χ0n) is 10.8. The summed E-state index contributed by atoms with van der Waals surface area (Å²) in [5.41, 5.74) is 3.74. The second-order valence-corrected chi connectivity index (χ2v) is 5.60. The quantitative estimate of drug-likeness (QED) is 0.889. The molecule has 4 nitrogen and oxygen atoms in total. The van der Waals surface area contributed by atoms with E-state index in [9.17, 15) is 4.79 Å². The van der Waals surface area contributed by atoms with E-state index < -0.39 is 0 Å². The second kappa shape index (κ2) is 5.73. The van der Waals surface area contributed by atoms with Gasteiger partial charge in [0.15, 0.2) is 0 Å². The summed E-state index contributed by atoms with van der Waals surface area (Å²) in [7, 11) is 0. The summed E-state index contributed by atoms with van der Waals surface area (Å²) in [6, 6.07) is 9.54. The summed E-state index contributed by atoms with van der Waals surface area (Å²) in [5.74, 6) is -0.184. The van der Waals surface area contributed by atoms with Crippen molar-refractivity contribution in [2.45, 2.75) is 13.0 Å². The Bertz CT molecular complexity index is 640. The predicted octanol–water partition coefficient (Wildman–Crippen LogP) is 2.74. The molecular formula is C15H14BrN3O. The average molecular weight is 332 g/mol. The van der Waals surface area contributed by atoms with Crippen molar-refractivity contribution in [3.05, 3.63) is 57.8 Å². The summed E-state index contributed by atoms with van der Waals surface area (Å²) in [4.78, 5) is 16.3. The highest BCUT2D eigenvalue weighted by Crippen LogP contribution is 2.23. The van der Waals surface area contributed by atoms with Crippen LogP contribution in [0.3, 0.4) is 0 Å². The van der Waals surface area contributed by atoms with E-state index in [2.05, 4.69) is 37.6 Å². The van der Waals surface area contributed by atoms with Crippen LogP contribution in [-0.4, -0.2) is 17.4 Å². The van der Waals surface area contributed by atoms with Gasteiger partial charge in [-0.3, -0.25) is 4.79 Å². The molecule has 1 aliphatic rings. The number of amides is 1. The molecule has 102 valence electrons. The van der Waals surface area contributed by atoms with Gasteiger partial charge in [0.25, 0.3) is 5.91 Å². The van der Waals surface area contributed by atoms with E-state index in [1.54, 1.807) is 12.3 Å². The molecule has 1 aromatic heterocycles. The number of hydrogen-bond acceptors (Lipinski definition) is 3. The lowest BCUT2D eigenvalue weighted by atomic mass is 9.99. The van der Waals surface area contributed by atoms with Crippen LogP contribution in [0.25, 0.3) is 0 Å². The Morgan fingerprint density at radius 1 is 1.30 bits per heavy atom. The molecule has 20 heavy (non-hydrogen) atoms. The van der Waals surface area contributed by atoms with Gasteiger partial charge >= 0.3 is 0 Å². The van der Waals surface area contributed by atoms with Crippen LogP contribution in [0, 0.1) is 0 Å². The molecular weight excluding hydrogens is 318 g/mol. The smallest absolute Gasteiger partial charge is 0.274 e. The van der Waals surface area contributed by atoms with Crippen molar-refractivity contribution in [1.82, 2.24) is 10.3 Å². The van der Waals surface area contributed by atoms with Crippen molar-refractivity contribution in [2.75, 3.05) is 11.9 Å². The molecule has 0 bridgehead atoms. The van der Waals surface area contributed by atoms with Crippen molar-refractivity contribution in [1.29, 1.82) is 0 Å². The van der Waals surface area contributed by atoms with Gasteiger partial charge in [-0.05, 0) is 58.2 Å². The molecule has 0 radical (unpaired) electrons. The van der Waals surface area contributed by atoms with Gasteiger partial charge in [-0.1, -0.05) is 12.1 Å². The van der Waals surface area contributed by atoms with Gasteiger partial charge in [0.2, 0.25) is 0 Å². The molecule has 0 saturated carbocycles. The van der Waals surface area contributed by atoms with Crippen molar-refractivity contribution in [2.24, 2.45) is 0 Å². The van der Waals surface area contributed by atoms with E-state index in [0.717, 1.165) is 29.7 Å². The number of pyridine rings is 1. The van der Waals surface area contributed by atoms with E-state index in [1.165, 1.54) is 11.1 Å². The summed E-state index contributed by atoms with van der Waals surface area (Å²) >= 11 is 3.31. The number of halogens is 1. The van der Waals surface area contributed by atoms with Gasteiger partial charge in [0, 0.05) is 22.9 Å². The van der Waals surface area contributed by atoms with Gasteiger partial charge in [-0.15, -0.1) is 0 Å². The topological polar surface area (TPSA) is 54.0 Å². The van der Waals surface area contributed by atoms with Crippen LogP contribution in [-0.2, 0) is 13.0 Å². The van der Waals surface area contributed by atoms with E-state index in [-0.39, 0.29) is 5.91 Å². The fourth-order valence-electron chi connectivity index (χ4n) is 2.33. The number of aromatic nitrogens is 1. The predicted molar refractivity (Wildman–Crippen MR) is 81.7 cm³/mol. The first-order valence-electron chi connectivity index (χ1n) is 6.48. The zero-order chi connectivity index (χ0) is 13.9. The molecule has 2 N–H and O–H groups in total. The lowest BCUT2D eigenvalue weighted by Crippen LogP contribution is -2.25. The first-order chi connectivity index (χ1) is 9.74. The first-order valence-corrected chi connectivity index (χ1v) is 7.28. The molecule has 0 unspecified atom stereocenters. The Labute approximate surface area is 125 Å². The van der Waals surface area contributed by atoms with E-state index >= 15 is 0 Å². The standard InChI is InChI=1S/C15H14BrN3O/c16-11-4-5-14(18-8-11)15(20)19-13-3-1-2-10-6-7-17-9-12(10)13/h1-5,8,17H,6-7,9H2,(H,19,20). The van der Waals surface area contributed by atoms with Crippen LogP contribution >= 0.6 is 15.9 Å². The number of carbonyl (C=O) groups excluding carboxylic acids is 1. The maximum absolute atomic E-state index is 12.2. The highest BCUT2D eigenvalue weighted by atomic mass is 79.9. The van der Waals surface area contributed by atoms with Crippen molar-refractivity contribution in [3.63, 3.8) is 0 Å². The number of anilines is 1. The van der Waals surface area contributed by atoms with E-state index in [0.29, 0.717) is 5.69 Å². The largest absolute Gasteiger partial charge is 0.320 e. The summed E-state index contributed by atoms with van der Waals surface area (Å²) < 4.78 is 0.857. The summed E-state index contributed by atoms with van der Waals surface area (Å²) in [6.07, 6.45) is 2.62. The summed E-state index contributed by atoms with van der Waals surface area (Å²) in [5, 5.41) is 6.28. The molecule has 0 atom stereocenters. The zero-order valence-corrected chi connectivity index (χ0v) is 12.4. The van der Waals surface area contributed by atoms with Crippen LogP contribution in [0.1, 0.15) is 21.6 Å². The minimum absolute atomic E-state index is 0.184. The number of hydrogen-bond donors (Lipinski definition) is 2. The highest BCUT2D eigenvalue weighted by molar-refractivity contribution is 9.10. The van der Waals surface area contributed by atoms with Gasteiger partial charge in [-0.25, -0.2) is 4.98 Å². The minimum atomic E-state index is -0.184. The van der Waals surface area contributed by atoms with E-state index in [1.807, 2.05) is 18.2 Å². The lowest BCUT2D eigenvalue weighted by molar-refractivity contribution is 0.102. The normalized spacial score (nSPS) is 13.7. The van der Waals surface area contributed by atoms with Crippen molar-refractivity contribution < 1.29 is 4.79 Å². The third-order valence-electron chi connectivity index (χ3n) is 3.35. The molecule has 1 aromatic carbocycles. The maximum atomic E-state index is 12.2. The number of nitrogens with zero attached hydrogens (tertiary/aromatic N) is 1. The fourth-order valence-corrected chi connectivity index (χ4v) is 2.56. The summed E-state index contributed by atoms with van der Waals surface area (Å²) in [6.45, 7) is 1.78. The van der Waals surface area contributed by atoms with Gasteiger partial charge in [-0.2, -0.15) is 0 Å². The number of rotatable bonds is 2. The Kier molecular flexibility index (Phi) is 3.80. The SMILES string of the molecule is O=C(Nc1cccc2c1CNCC2)c1ccc(Br)cn1. The fraction of sp³-hybridized carbons (Fsp3) is 0.200. The molecule has 0 spiro atoms. The van der Waals surface area contributed by atoms with E-state index in [4.69, 9.17) is 0 Å². The molecule has 1 amide bonds. The molecule has 5 heteroatoms. The third kappa shape index (κ3) is 2.73. The average Bonchev–Trinajstić information content (AvgIpc) is 2.48. The highest BCUT2D eigenvalue weighted by Gasteiger charge is 2.15. The Morgan fingerprint density at radius 3 is 3.00 bits per heavy atom. The number of fused-ring (bicyclic) bond motifs is 1. The third-order valence-corrected chi connectivity index (χ3v) is 3.82. The monoisotopic (exact) mass is 331 g/mol. The molecule has 2 aromatic rings. The maximum Gasteiger partial charge on any atom is 0.274 e. The van der Waals surface area contributed by atoms with Crippen LogP contribution < -0.4 is 10.6 Å². The van der Waals surface area contributed by atoms with Crippen LogP contribution in [0.2, 0.25) is 0 Å². The van der Waals surface area contributed by atoms with Crippen molar-refractivity contribution >= 4 is 27.5 Å². The molecule has 0 fully saturated rings. The number of nitrogens with one attached hydrogen (secondary N) is 2. The van der Waals surface area contributed by atoms with Gasteiger partial charge in [0.05, 0.1) is 0 Å².